The van der Waals surface area contributed by atoms with Crippen LogP contribution in [-0.2, 0) is 5.41 Å². The second kappa shape index (κ2) is 7.13. The van der Waals surface area contributed by atoms with Crippen LogP contribution in [0, 0.1) is 0 Å². The van der Waals surface area contributed by atoms with Gasteiger partial charge in [0.25, 0.3) is 0 Å². The molecule has 23 heavy (non-hydrogen) atoms. The number of hydrogen-bond acceptors (Lipinski definition) is 3. The molecule has 2 amide bonds. The summed E-state index contributed by atoms with van der Waals surface area (Å²) in [7, 11) is 1.73. The molecule has 0 fully saturated rings. The molecular formula is C18H23N3O2. The van der Waals surface area contributed by atoms with E-state index in [-0.39, 0.29) is 11.4 Å². The molecule has 1 heterocycles. The molecule has 0 aliphatic heterocycles. The highest BCUT2D eigenvalue weighted by Gasteiger charge is 2.20. The molecule has 5 nitrogen and oxygen atoms in total. The maximum Gasteiger partial charge on any atom is 0.323 e. The summed E-state index contributed by atoms with van der Waals surface area (Å²) in [5.41, 5.74) is 0.966. The van der Waals surface area contributed by atoms with E-state index < -0.39 is 0 Å². The highest BCUT2D eigenvalue weighted by molar-refractivity contribution is 5.88. The van der Waals surface area contributed by atoms with E-state index >= 15 is 0 Å². The smallest absolute Gasteiger partial charge is 0.323 e. The third-order valence-electron chi connectivity index (χ3n) is 3.32. The van der Waals surface area contributed by atoms with E-state index in [1.165, 1.54) is 0 Å². The standard InChI is InChI=1S/C18H23N3O2/c1-18(2,3)15-13-16(20-23-15)19-17(22)21(4)12-8-11-14-9-6-5-7-10-14/h5-11,13H,12H2,1-4H3,(H,19,20,22)/b11-8+. The summed E-state index contributed by atoms with van der Waals surface area (Å²) in [5, 5.41) is 6.61. The van der Waals surface area contributed by atoms with Gasteiger partial charge in [-0.1, -0.05) is 68.4 Å². The number of aromatic nitrogens is 1. The fraction of sp³-hybridized carbons (Fsp3) is 0.333. The first-order valence-corrected chi connectivity index (χ1v) is 7.57. The molecule has 5 heteroatoms. The number of likely N-dealkylation sites (N-methyl/N-ethyl adjacent to an activating group) is 1. The van der Waals surface area contributed by atoms with Crippen LogP contribution in [0.3, 0.4) is 0 Å². The van der Waals surface area contributed by atoms with Gasteiger partial charge in [-0.05, 0) is 5.56 Å². The Morgan fingerprint density at radius 3 is 2.61 bits per heavy atom. The van der Waals surface area contributed by atoms with Crippen LogP contribution in [0.15, 0.2) is 47.0 Å². The molecule has 0 aliphatic carbocycles. The molecule has 0 saturated carbocycles. The van der Waals surface area contributed by atoms with Crippen molar-refractivity contribution in [3.8, 4) is 0 Å². The molecule has 1 aromatic heterocycles. The van der Waals surface area contributed by atoms with Gasteiger partial charge in [-0.2, -0.15) is 0 Å². The molecule has 0 unspecified atom stereocenters. The van der Waals surface area contributed by atoms with E-state index in [9.17, 15) is 4.79 Å². The predicted molar refractivity (Wildman–Crippen MR) is 92.3 cm³/mol. The van der Waals surface area contributed by atoms with E-state index in [1.54, 1.807) is 18.0 Å². The molecule has 0 aliphatic rings. The molecule has 122 valence electrons. The zero-order chi connectivity index (χ0) is 16.9. The van der Waals surface area contributed by atoms with E-state index in [2.05, 4.69) is 10.5 Å². The lowest BCUT2D eigenvalue weighted by atomic mass is 9.93. The van der Waals surface area contributed by atoms with Gasteiger partial charge in [-0.3, -0.25) is 5.32 Å². The lowest BCUT2D eigenvalue weighted by Crippen LogP contribution is -2.31. The third-order valence-corrected chi connectivity index (χ3v) is 3.32. The summed E-state index contributed by atoms with van der Waals surface area (Å²) >= 11 is 0. The molecule has 0 radical (unpaired) electrons. The van der Waals surface area contributed by atoms with E-state index in [0.29, 0.717) is 12.4 Å². The molecule has 1 N–H and O–H groups in total. The summed E-state index contributed by atoms with van der Waals surface area (Å²) in [6.45, 7) is 6.59. The van der Waals surface area contributed by atoms with Crippen molar-refractivity contribution < 1.29 is 9.32 Å². The lowest BCUT2D eigenvalue weighted by molar-refractivity contribution is 0.226. The van der Waals surface area contributed by atoms with Gasteiger partial charge in [0, 0.05) is 25.1 Å². The monoisotopic (exact) mass is 313 g/mol. The van der Waals surface area contributed by atoms with Crippen LogP contribution in [0.1, 0.15) is 32.1 Å². The van der Waals surface area contributed by atoms with Gasteiger partial charge in [0.2, 0.25) is 0 Å². The minimum Gasteiger partial charge on any atom is -0.359 e. The van der Waals surface area contributed by atoms with E-state index in [0.717, 1.165) is 11.3 Å². The lowest BCUT2D eigenvalue weighted by Gasteiger charge is -2.14. The normalized spacial score (nSPS) is 11.7. The number of benzene rings is 1. The number of urea groups is 1. The Morgan fingerprint density at radius 2 is 2.00 bits per heavy atom. The summed E-state index contributed by atoms with van der Waals surface area (Å²) in [6.07, 6.45) is 3.93. The largest absolute Gasteiger partial charge is 0.359 e. The van der Waals surface area contributed by atoms with E-state index in [1.807, 2.05) is 63.3 Å². The molecular weight excluding hydrogens is 290 g/mol. The molecule has 0 spiro atoms. The summed E-state index contributed by atoms with van der Waals surface area (Å²) in [5.74, 6) is 1.17. The van der Waals surface area contributed by atoms with Gasteiger partial charge in [-0.15, -0.1) is 0 Å². The van der Waals surface area contributed by atoms with Crippen LogP contribution in [0.4, 0.5) is 10.6 Å². The second-order valence-corrected chi connectivity index (χ2v) is 6.45. The summed E-state index contributed by atoms with van der Waals surface area (Å²) in [6, 6.07) is 11.5. The van der Waals surface area contributed by atoms with Crippen LogP contribution >= 0.6 is 0 Å². The minimum atomic E-state index is -0.225. The van der Waals surface area contributed by atoms with Gasteiger partial charge < -0.3 is 9.42 Å². The molecule has 1 aromatic carbocycles. The van der Waals surface area contributed by atoms with Crippen molar-refractivity contribution >= 4 is 17.9 Å². The van der Waals surface area contributed by atoms with Crippen molar-refractivity contribution in [2.75, 3.05) is 18.9 Å². The van der Waals surface area contributed by atoms with Crippen molar-refractivity contribution in [1.82, 2.24) is 10.1 Å². The van der Waals surface area contributed by atoms with Crippen LogP contribution in [0.25, 0.3) is 6.08 Å². The highest BCUT2D eigenvalue weighted by Crippen LogP contribution is 2.24. The number of anilines is 1. The Bertz CT molecular complexity index is 669. The first-order chi connectivity index (χ1) is 10.9. The van der Waals surface area contributed by atoms with Crippen molar-refractivity contribution in [2.45, 2.75) is 26.2 Å². The molecule has 2 aromatic rings. The minimum absolute atomic E-state index is 0.139. The summed E-state index contributed by atoms with van der Waals surface area (Å²) in [4.78, 5) is 13.7. The number of nitrogens with zero attached hydrogens (tertiary/aromatic N) is 2. The maximum absolute atomic E-state index is 12.1. The zero-order valence-corrected chi connectivity index (χ0v) is 14.0. The van der Waals surface area contributed by atoms with Gasteiger partial charge in [0.1, 0.15) is 5.76 Å². The third kappa shape index (κ3) is 4.98. The molecule has 0 bridgehead atoms. The summed E-state index contributed by atoms with van der Waals surface area (Å²) < 4.78 is 5.25. The highest BCUT2D eigenvalue weighted by atomic mass is 16.5. The van der Waals surface area contributed by atoms with Crippen LogP contribution in [0.5, 0.6) is 0 Å². The van der Waals surface area contributed by atoms with E-state index in [4.69, 9.17) is 4.52 Å². The molecule has 2 rings (SSSR count). The number of carbonyl (C=O) groups excluding carboxylic acids is 1. The van der Waals surface area contributed by atoms with Crippen molar-refractivity contribution in [3.05, 3.63) is 53.8 Å². The average molecular weight is 313 g/mol. The Hall–Kier alpha value is -2.56. The van der Waals surface area contributed by atoms with Gasteiger partial charge >= 0.3 is 6.03 Å². The van der Waals surface area contributed by atoms with Gasteiger partial charge in [0.05, 0.1) is 0 Å². The Morgan fingerprint density at radius 1 is 1.30 bits per heavy atom. The van der Waals surface area contributed by atoms with Crippen LogP contribution in [-0.4, -0.2) is 29.7 Å². The number of carbonyl (C=O) groups is 1. The SMILES string of the molecule is CN(C/C=C/c1ccccc1)C(=O)Nc1cc(C(C)(C)C)on1. The quantitative estimate of drug-likeness (QED) is 0.922. The molecule has 0 atom stereocenters. The second-order valence-electron chi connectivity index (χ2n) is 6.45. The first kappa shape index (κ1) is 16.8. The number of nitrogens with one attached hydrogen (secondary N) is 1. The Balaban J connectivity index is 1.88. The van der Waals surface area contributed by atoms with Crippen LogP contribution < -0.4 is 5.32 Å². The van der Waals surface area contributed by atoms with Crippen molar-refractivity contribution in [2.24, 2.45) is 0 Å². The first-order valence-electron chi connectivity index (χ1n) is 7.57. The Kier molecular flexibility index (Phi) is 5.21. The fourth-order valence-corrected chi connectivity index (χ4v) is 1.89. The zero-order valence-electron chi connectivity index (χ0n) is 14.0. The van der Waals surface area contributed by atoms with Gasteiger partial charge in [-0.25, -0.2) is 4.79 Å². The van der Waals surface area contributed by atoms with Crippen molar-refractivity contribution in [1.29, 1.82) is 0 Å². The van der Waals surface area contributed by atoms with Gasteiger partial charge in [0.15, 0.2) is 5.82 Å². The fourth-order valence-electron chi connectivity index (χ4n) is 1.89. The number of hydrogen-bond donors (Lipinski definition) is 1. The Labute approximate surface area is 137 Å². The predicted octanol–water partition coefficient (Wildman–Crippen LogP) is 4.15. The van der Waals surface area contributed by atoms with Crippen molar-refractivity contribution in [3.63, 3.8) is 0 Å². The van der Waals surface area contributed by atoms with Crippen LogP contribution in [0.2, 0.25) is 0 Å². The topological polar surface area (TPSA) is 58.4 Å². The maximum atomic E-state index is 12.1. The number of amides is 2. The average Bonchev–Trinajstić information content (AvgIpc) is 2.97. The molecule has 0 saturated heterocycles. The number of rotatable bonds is 4.